The van der Waals surface area contributed by atoms with Crippen molar-refractivity contribution in [1.82, 2.24) is 20.3 Å². The van der Waals surface area contributed by atoms with Crippen molar-refractivity contribution in [3.05, 3.63) is 41.1 Å². The fourth-order valence-corrected chi connectivity index (χ4v) is 2.08. The Morgan fingerprint density at radius 1 is 1.50 bits per heavy atom. The lowest BCUT2D eigenvalue weighted by Crippen LogP contribution is -2.29. The lowest BCUT2D eigenvalue weighted by atomic mass is 10.2. The van der Waals surface area contributed by atoms with Crippen LogP contribution in [0, 0.1) is 0 Å². The molecule has 0 bridgehead atoms. The highest BCUT2D eigenvalue weighted by molar-refractivity contribution is 6.33. The molecule has 6 nitrogen and oxygen atoms in total. The smallest absolute Gasteiger partial charge is 0.253 e. The molecule has 2 heterocycles. The highest BCUT2D eigenvalue weighted by Gasteiger charge is 2.17. The van der Waals surface area contributed by atoms with Gasteiger partial charge in [-0.2, -0.15) is 0 Å². The number of amides is 1. The summed E-state index contributed by atoms with van der Waals surface area (Å²) in [6.45, 7) is 1.97. The van der Waals surface area contributed by atoms with Gasteiger partial charge < -0.3 is 15.6 Å². The van der Waals surface area contributed by atoms with Gasteiger partial charge in [-0.25, -0.2) is 9.97 Å². The van der Waals surface area contributed by atoms with Crippen molar-refractivity contribution < 1.29 is 4.79 Å². The van der Waals surface area contributed by atoms with Crippen LogP contribution in [0.4, 0.5) is 5.82 Å². The summed E-state index contributed by atoms with van der Waals surface area (Å²) in [7, 11) is 1.72. The van der Waals surface area contributed by atoms with E-state index in [0.29, 0.717) is 16.4 Å². The van der Waals surface area contributed by atoms with E-state index >= 15 is 0 Å². The number of rotatable bonds is 5. The molecule has 0 radical (unpaired) electrons. The van der Waals surface area contributed by atoms with Gasteiger partial charge in [-0.15, -0.1) is 0 Å². The van der Waals surface area contributed by atoms with Crippen LogP contribution in [-0.4, -0.2) is 27.9 Å². The van der Waals surface area contributed by atoms with E-state index < -0.39 is 0 Å². The van der Waals surface area contributed by atoms with Gasteiger partial charge in [0, 0.05) is 25.6 Å². The first-order valence-corrected chi connectivity index (χ1v) is 6.67. The summed E-state index contributed by atoms with van der Waals surface area (Å²) >= 11 is 6.02. The first kappa shape index (κ1) is 14.3. The second kappa shape index (κ2) is 6.38. The molecule has 2 rings (SSSR count). The average molecular weight is 294 g/mol. The van der Waals surface area contributed by atoms with Gasteiger partial charge >= 0.3 is 0 Å². The maximum atomic E-state index is 12.2. The summed E-state index contributed by atoms with van der Waals surface area (Å²) in [5.41, 5.74) is 0.416. The molecular weight excluding hydrogens is 278 g/mol. The number of nitrogens with zero attached hydrogens (tertiary/aromatic N) is 2. The molecule has 3 N–H and O–H groups in total. The maximum Gasteiger partial charge on any atom is 0.253 e. The van der Waals surface area contributed by atoms with E-state index in [1.165, 1.54) is 6.20 Å². The molecule has 0 spiro atoms. The first-order chi connectivity index (χ1) is 9.65. The monoisotopic (exact) mass is 293 g/mol. The second-order valence-electron chi connectivity index (χ2n) is 4.21. The molecule has 0 saturated heterocycles. The van der Waals surface area contributed by atoms with Crippen molar-refractivity contribution in [2.45, 2.75) is 19.4 Å². The van der Waals surface area contributed by atoms with Gasteiger partial charge in [0.1, 0.15) is 11.6 Å². The fraction of sp³-hybridized carbons (Fsp3) is 0.308. The molecule has 7 heteroatoms. The SMILES string of the molecule is CCC(NC(=O)c1cnc(NC)c(Cl)c1)c1ncc[nH]1. The Balaban J connectivity index is 2.13. The summed E-state index contributed by atoms with van der Waals surface area (Å²) in [5.74, 6) is 1.04. The van der Waals surface area contributed by atoms with Crippen LogP contribution in [0.1, 0.15) is 35.6 Å². The van der Waals surface area contributed by atoms with E-state index in [-0.39, 0.29) is 11.9 Å². The molecule has 106 valence electrons. The van der Waals surface area contributed by atoms with E-state index in [1.807, 2.05) is 6.92 Å². The van der Waals surface area contributed by atoms with Gasteiger partial charge in [-0.1, -0.05) is 18.5 Å². The summed E-state index contributed by atoms with van der Waals surface area (Å²) in [5, 5.41) is 6.15. The molecule has 0 fully saturated rings. The molecular formula is C13H16ClN5O. The van der Waals surface area contributed by atoms with Gasteiger partial charge in [0.05, 0.1) is 16.6 Å². The van der Waals surface area contributed by atoms with Gasteiger partial charge in [-0.05, 0) is 12.5 Å². The predicted octanol–water partition coefficient (Wildman–Crippen LogP) is 2.38. The van der Waals surface area contributed by atoms with E-state index in [9.17, 15) is 4.79 Å². The average Bonchev–Trinajstić information content (AvgIpc) is 2.98. The van der Waals surface area contributed by atoms with E-state index in [4.69, 9.17) is 11.6 Å². The van der Waals surface area contributed by atoms with Crippen LogP contribution in [0.5, 0.6) is 0 Å². The topological polar surface area (TPSA) is 82.7 Å². The van der Waals surface area contributed by atoms with E-state index in [0.717, 1.165) is 12.2 Å². The Morgan fingerprint density at radius 3 is 2.85 bits per heavy atom. The number of hydrogen-bond acceptors (Lipinski definition) is 4. The Morgan fingerprint density at radius 2 is 2.30 bits per heavy atom. The van der Waals surface area contributed by atoms with Crippen LogP contribution in [0.15, 0.2) is 24.7 Å². The lowest BCUT2D eigenvalue weighted by molar-refractivity contribution is 0.0933. The Bertz CT molecular complexity index is 584. The van der Waals surface area contributed by atoms with E-state index in [1.54, 1.807) is 25.5 Å². The molecule has 20 heavy (non-hydrogen) atoms. The zero-order chi connectivity index (χ0) is 14.5. The van der Waals surface area contributed by atoms with Gasteiger partial charge in [-0.3, -0.25) is 4.79 Å². The number of carbonyl (C=O) groups is 1. The van der Waals surface area contributed by atoms with Crippen molar-refractivity contribution in [3.63, 3.8) is 0 Å². The molecule has 2 aromatic rings. The number of aromatic amines is 1. The molecule has 1 atom stereocenters. The summed E-state index contributed by atoms with van der Waals surface area (Å²) in [6.07, 6.45) is 5.60. The molecule has 1 amide bonds. The van der Waals surface area contributed by atoms with Crippen LogP contribution in [0.3, 0.4) is 0 Å². The van der Waals surface area contributed by atoms with Crippen LogP contribution in [-0.2, 0) is 0 Å². The van der Waals surface area contributed by atoms with Gasteiger partial charge in [0.15, 0.2) is 0 Å². The summed E-state index contributed by atoms with van der Waals surface area (Å²) in [4.78, 5) is 23.4. The van der Waals surface area contributed by atoms with Crippen molar-refractivity contribution in [2.24, 2.45) is 0 Å². The molecule has 0 aliphatic heterocycles. The molecule has 2 aromatic heterocycles. The Hall–Kier alpha value is -2.08. The number of H-pyrrole nitrogens is 1. The lowest BCUT2D eigenvalue weighted by Gasteiger charge is -2.15. The van der Waals surface area contributed by atoms with Crippen molar-refractivity contribution in [3.8, 4) is 0 Å². The number of hydrogen-bond donors (Lipinski definition) is 3. The number of imidazole rings is 1. The first-order valence-electron chi connectivity index (χ1n) is 6.29. The van der Waals surface area contributed by atoms with Crippen LogP contribution in [0.25, 0.3) is 0 Å². The Labute approximate surface area is 122 Å². The standard InChI is InChI=1S/C13H16ClN5O/c1-3-10(12-16-4-5-17-12)19-13(20)8-6-9(14)11(15-2)18-7-8/h4-7,10H,3H2,1-2H3,(H,15,18)(H,16,17)(H,19,20). The minimum atomic E-state index is -0.231. The third kappa shape index (κ3) is 3.08. The minimum Gasteiger partial charge on any atom is -0.372 e. The molecule has 0 aliphatic carbocycles. The highest BCUT2D eigenvalue weighted by atomic mass is 35.5. The normalized spacial score (nSPS) is 11.9. The zero-order valence-corrected chi connectivity index (χ0v) is 12.0. The van der Waals surface area contributed by atoms with E-state index in [2.05, 4.69) is 25.6 Å². The summed E-state index contributed by atoms with van der Waals surface area (Å²) < 4.78 is 0. The van der Waals surface area contributed by atoms with Gasteiger partial charge in [0.25, 0.3) is 5.91 Å². The quantitative estimate of drug-likeness (QED) is 0.790. The second-order valence-corrected chi connectivity index (χ2v) is 4.62. The predicted molar refractivity (Wildman–Crippen MR) is 77.9 cm³/mol. The van der Waals surface area contributed by atoms with Crippen molar-refractivity contribution >= 4 is 23.3 Å². The minimum absolute atomic E-state index is 0.166. The number of anilines is 1. The fourth-order valence-electron chi connectivity index (χ4n) is 1.82. The molecule has 0 aromatic carbocycles. The number of halogens is 1. The van der Waals surface area contributed by atoms with Crippen LogP contribution in [0.2, 0.25) is 5.02 Å². The third-order valence-corrected chi connectivity index (χ3v) is 3.19. The van der Waals surface area contributed by atoms with Crippen LogP contribution < -0.4 is 10.6 Å². The number of pyridine rings is 1. The number of aromatic nitrogens is 3. The number of carbonyl (C=O) groups excluding carboxylic acids is 1. The maximum absolute atomic E-state index is 12.2. The molecule has 1 unspecified atom stereocenters. The van der Waals surface area contributed by atoms with Crippen molar-refractivity contribution in [1.29, 1.82) is 0 Å². The summed E-state index contributed by atoms with van der Waals surface area (Å²) in [6, 6.07) is 1.42. The molecule has 0 saturated carbocycles. The zero-order valence-electron chi connectivity index (χ0n) is 11.3. The Kier molecular flexibility index (Phi) is 4.57. The van der Waals surface area contributed by atoms with Crippen molar-refractivity contribution in [2.75, 3.05) is 12.4 Å². The largest absolute Gasteiger partial charge is 0.372 e. The highest BCUT2D eigenvalue weighted by Crippen LogP contribution is 2.20. The third-order valence-electron chi connectivity index (χ3n) is 2.90. The van der Waals surface area contributed by atoms with Crippen LogP contribution >= 0.6 is 11.6 Å². The van der Waals surface area contributed by atoms with Gasteiger partial charge in [0.2, 0.25) is 0 Å². The number of nitrogens with one attached hydrogen (secondary N) is 3. The molecule has 0 aliphatic rings.